The van der Waals surface area contributed by atoms with Crippen molar-refractivity contribution in [3.05, 3.63) is 33.9 Å². The fraction of sp³-hybridized carbons (Fsp3) is 0.533. The number of hydrogen-bond acceptors (Lipinski definition) is 5. The number of benzene rings is 1. The number of anilines is 2. The third kappa shape index (κ3) is 3.84. The summed E-state index contributed by atoms with van der Waals surface area (Å²) in [4.78, 5) is 23.7. The first kappa shape index (κ1) is 17.5. The molecule has 0 unspecified atom stereocenters. The molecule has 1 saturated carbocycles. The molecule has 10 heteroatoms. The van der Waals surface area contributed by atoms with Gasteiger partial charge in [0.1, 0.15) is 5.92 Å². The second-order valence-electron chi connectivity index (χ2n) is 6.01. The zero-order valence-corrected chi connectivity index (χ0v) is 13.1. The first-order valence-electron chi connectivity index (χ1n) is 7.75. The van der Waals surface area contributed by atoms with Crippen LogP contribution in [0.1, 0.15) is 12.0 Å². The largest absolute Gasteiger partial charge is 0.418 e. The van der Waals surface area contributed by atoms with Gasteiger partial charge >= 0.3 is 6.18 Å². The highest BCUT2D eigenvalue weighted by atomic mass is 19.4. The minimum Gasteiger partial charge on any atom is -0.378 e. The maximum atomic E-state index is 13.4. The smallest absolute Gasteiger partial charge is 0.378 e. The van der Waals surface area contributed by atoms with Crippen molar-refractivity contribution in [1.29, 1.82) is 0 Å². The number of rotatable bonds is 4. The Labute approximate surface area is 140 Å². The SMILES string of the molecule is O=C(Nc1ccc(N2CCOCC2)cc1C(F)(F)F)[C@@H]1C[C@H]1[N+](=O)[O-]. The van der Waals surface area contributed by atoms with E-state index in [0.29, 0.717) is 32.0 Å². The van der Waals surface area contributed by atoms with Crippen LogP contribution in [0.2, 0.25) is 0 Å². The monoisotopic (exact) mass is 359 g/mol. The van der Waals surface area contributed by atoms with E-state index in [1.807, 2.05) is 0 Å². The van der Waals surface area contributed by atoms with Crippen LogP contribution in [0, 0.1) is 16.0 Å². The molecule has 0 aromatic heterocycles. The van der Waals surface area contributed by atoms with Gasteiger partial charge in [-0.3, -0.25) is 14.9 Å². The van der Waals surface area contributed by atoms with Crippen molar-refractivity contribution < 1.29 is 27.6 Å². The molecule has 136 valence electrons. The van der Waals surface area contributed by atoms with Crippen molar-refractivity contribution in [3.8, 4) is 0 Å². The summed E-state index contributed by atoms with van der Waals surface area (Å²) in [5.74, 6) is -1.64. The molecule has 1 aromatic rings. The average molecular weight is 359 g/mol. The van der Waals surface area contributed by atoms with Crippen molar-refractivity contribution in [2.75, 3.05) is 36.5 Å². The molecule has 7 nitrogen and oxygen atoms in total. The number of nitro groups is 1. The van der Waals surface area contributed by atoms with Crippen LogP contribution in [0.25, 0.3) is 0 Å². The first-order chi connectivity index (χ1) is 11.8. The molecule has 1 N–H and O–H groups in total. The van der Waals surface area contributed by atoms with Crippen LogP contribution in [0.4, 0.5) is 24.5 Å². The zero-order chi connectivity index (χ0) is 18.2. The number of ether oxygens (including phenoxy) is 1. The Morgan fingerprint density at radius 2 is 2.00 bits per heavy atom. The normalized spacial score (nSPS) is 23.2. The van der Waals surface area contributed by atoms with E-state index < -0.39 is 34.5 Å². The number of morpholine rings is 1. The molecule has 2 fully saturated rings. The van der Waals surface area contributed by atoms with Crippen LogP contribution in [0.5, 0.6) is 0 Å². The van der Waals surface area contributed by atoms with E-state index in [0.717, 1.165) is 6.07 Å². The summed E-state index contributed by atoms with van der Waals surface area (Å²) < 4.78 is 45.3. The van der Waals surface area contributed by atoms with Gasteiger partial charge < -0.3 is 15.0 Å². The number of carbonyl (C=O) groups excluding carboxylic acids is 1. The van der Waals surface area contributed by atoms with Gasteiger partial charge in [-0.2, -0.15) is 13.2 Å². The summed E-state index contributed by atoms with van der Waals surface area (Å²) >= 11 is 0. The van der Waals surface area contributed by atoms with Crippen molar-refractivity contribution >= 4 is 17.3 Å². The van der Waals surface area contributed by atoms with Gasteiger partial charge in [0.05, 0.1) is 24.5 Å². The summed E-state index contributed by atoms with van der Waals surface area (Å²) in [5.41, 5.74) is -0.963. The van der Waals surface area contributed by atoms with E-state index in [-0.39, 0.29) is 12.1 Å². The van der Waals surface area contributed by atoms with Crippen LogP contribution in [-0.2, 0) is 15.7 Å². The molecule has 0 bridgehead atoms. The van der Waals surface area contributed by atoms with Gasteiger partial charge in [0, 0.05) is 30.1 Å². The van der Waals surface area contributed by atoms with Crippen LogP contribution >= 0.6 is 0 Å². The van der Waals surface area contributed by atoms with Crippen LogP contribution in [0.3, 0.4) is 0 Å². The average Bonchev–Trinajstić information content (AvgIpc) is 3.36. The predicted octanol–water partition coefficient (Wildman–Crippen LogP) is 2.15. The zero-order valence-electron chi connectivity index (χ0n) is 13.1. The molecule has 0 spiro atoms. The summed E-state index contributed by atoms with van der Waals surface area (Å²) in [5, 5.41) is 12.8. The summed E-state index contributed by atoms with van der Waals surface area (Å²) in [6.07, 6.45) is -4.61. The molecule has 25 heavy (non-hydrogen) atoms. The Bertz CT molecular complexity index is 689. The maximum absolute atomic E-state index is 13.4. The first-order valence-corrected chi connectivity index (χ1v) is 7.75. The molecule has 0 radical (unpaired) electrons. The Balaban J connectivity index is 1.81. The lowest BCUT2D eigenvalue weighted by atomic mass is 10.1. The Kier molecular flexibility index (Phi) is 4.55. The molecule has 2 aliphatic rings. The third-order valence-corrected chi connectivity index (χ3v) is 4.31. The van der Waals surface area contributed by atoms with Crippen molar-refractivity contribution in [2.24, 2.45) is 5.92 Å². The lowest BCUT2D eigenvalue weighted by Crippen LogP contribution is -2.36. The number of halogens is 3. The van der Waals surface area contributed by atoms with Gasteiger partial charge in [0.15, 0.2) is 0 Å². The van der Waals surface area contributed by atoms with Crippen LogP contribution < -0.4 is 10.2 Å². The fourth-order valence-electron chi connectivity index (χ4n) is 2.82. The maximum Gasteiger partial charge on any atom is 0.418 e. The Morgan fingerprint density at radius 3 is 2.56 bits per heavy atom. The lowest BCUT2D eigenvalue weighted by molar-refractivity contribution is -0.497. The minimum atomic E-state index is -4.66. The fourth-order valence-corrected chi connectivity index (χ4v) is 2.82. The number of carbonyl (C=O) groups is 1. The van der Waals surface area contributed by atoms with E-state index in [9.17, 15) is 28.1 Å². The predicted molar refractivity (Wildman–Crippen MR) is 82.0 cm³/mol. The lowest BCUT2D eigenvalue weighted by Gasteiger charge is -2.29. The standard InChI is InChI=1S/C15H16F3N3O4/c16-15(17,18)11-7-9(20-3-5-25-6-4-20)1-2-12(11)19-14(22)10-8-13(10)21(23)24/h1-2,7,10,13H,3-6,8H2,(H,19,22)/t10-,13-/m1/s1. The number of amides is 1. The molecule has 2 atom stereocenters. The van der Waals surface area contributed by atoms with Gasteiger partial charge in [-0.25, -0.2) is 0 Å². The van der Waals surface area contributed by atoms with E-state index >= 15 is 0 Å². The van der Waals surface area contributed by atoms with E-state index in [4.69, 9.17) is 4.74 Å². The summed E-state index contributed by atoms with van der Waals surface area (Å²) in [6, 6.07) is 2.66. The van der Waals surface area contributed by atoms with Gasteiger partial charge in [-0.1, -0.05) is 0 Å². The quantitative estimate of drug-likeness (QED) is 0.658. The van der Waals surface area contributed by atoms with Gasteiger partial charge in [0.2, 0.25) is 11.9 Å². The highest BCUT2D eigenvalue weighted by Gasteiger charge is 2.53. The second-order valence-corrected chi connectivity index (χ2v) is 6.01. The molecular formula is C15H16F3N3O4. The molecule has 1 heterocycles. The number of alkyl halides is 3. The van der Waals surface area contributed by atoms with Crippen LogP contribution in [-0.4, -0.2) is 43.2 Å². The van der Waals surface area contributed by atoms with Gasteiger partial charge in [0.25, 0.3) is 0 Å². The summed E-state index contributed by atoms with van der Waals surface area (Å²) in [6.45, 7) is 1.83. The number of hydrogen-bond donors (Lipinski definition) is 1. The molecule has 3 rings (SSSR count). The third-order valence-electron chi connectivity index (χ3n) is 4.31. The molecule has 1 aliphatic heterocycles. The van der Waals surface area contributed by atoms with Crippen molar-refractivity contribution in [3.63, 3.8) is 0 Å². The second kappa shape index (κ2) is 6.51. The molecule has 1 aromatic carbocycles. The number of nitrogens with one attached hydrogen (secondary N) is 1. The van der Waals surface area contributed by atoms with Crippen molar-refractivity contribution in [2.45, 2.75) is 18.6 Å². The van der Waals surface area contributed by atoms with E-state index in [2.05, 4.69) is 5.32 Å². The van der Waals surface area contributed by atoms with E-state index in [1.165, 1.54) is 12.1 Å². The topological polar surface area (TPSA) is 84.7 Å². The van der Waals surface area contributed by atoms with Gasteiger partial charge in [-0.05, 0) is 18.2 Å². The molecule has 1 amide bonds. The highest BCUT2D eigenvalue weighted by molar-refractivity contribution is 5.95. The summed E-state index contributed by atoms with van der Waals surface area (Å²) in [7, 11) is 0. The highest BCUT2D eigenvalue weighted by Crippen LogP contribution is 2.39. The van der Waals surface area contributed by atoms with Gasteiger partial charge in [-0.15, -0.1) is 0 Å². The molecular weight excluding hydrogens is 343 g/mol. The number of nitrogens with zero attached hydrogens (tertiary/aromatic N) is 2. The van der Waals surface area contributed by atoms with Crippen LogP contribution in [0.15, 0.2) is 18.2 Å². The Hall–Kier alpha value is -2.36. The molecule has 1 aliphatic carbocycles. The molecule has 1 saturated heterocycles. The van der Waals surface area contributed by atoms with E-state index in [1.54, 1.807) is 4.90 Å². The minimum absolute atomic E-state index is 0.0477. The van der Waals surface area contributed by atoms with Crippen molar-refractivity contribution in [1.82, 2.24) is 0 Å². The Morgan fingerprint density at radius 1 is 1.32 bits per heavy atom.